The van der Waals surface area contributed by atoms with Gasteiger partial charge in [0.15, 0.2) is 6.10 Å². The molecule has 6 nitrogen and oxygen atoms in total. The maximum atomic E-state index is 12.7. The van der Waals surface area contributed by atoms with Gasteiger partial charge in [0.05, 0.1) is 0 Å². The molecule has 0 amide bonds. The second kappa shape index (κ2) is 47.8. The summed E-state index contributed by atoms with van der Waals surface area (Å²) in [5.74, 6) is -0.858. The van der Waals surface area contributed by atoms with Gasteiger partial charge >= 0.3 is 17.9 Å². The van der Waals surface area contributed by atoms with E-state index >= 15 is 0 Å². The van der Waals surface area contributed by atoms with E-state index in [1.807, 2.05) is 0 Å². The van der Waals surface area contributed by atoms with E-state index in [1.54, 1.807) is 0 Å². The molecule has 0 saturated carbocycles. The fourth-order valence-corrected chi connectivity index (χ4v) is 7.61. The van der Waals surface area contributed by atoms with Gasteiger partial charge in [0.1, 0.15) is 13.2 Å². The molecule has 58 heavy (non-hydrogen) atoms. The molecular formula is C52H98O6. The number of esters is 3. The molecule has 0 saturated heterocycles. The summed E-state index contributed by atoms with van der Waals surface area (Å²) in [4.78, 5) is 37.8. The van der Waals surface area contributed by atoms with Crippen LogP contribution in [0.25, 0.3) is 0 Å². The SMILES string of the molecule is CCCCCCCCC/C=C\CCCCCCCCCC(=O)OCC(COC(=O)CCCCCCCCCCCCC)OC(=O)CCCCCCCCCCCCC. The highest BCUT2D eigenvalue weighted by molar-refractivity contribution is 5.71. The lowest BCUT2D eigenvalue weighted by atomic mass is 10.1. The van der Waals surface area contributed by atoms with Crippen LogP contribution in [0.2, 0.25) is 0 Å². The molecule has 0 aliphatic rings. The zero-order chi connectivity index (χ0) is 42.3. The van der Waals surface area contributed by atoms with Crippen molar-refractivity contribution in [3.8, 4) is 0 Å². The van der Waals surface area contributed by atoms with Crippen LogP contribution in [0.5, 0.6) is 0 Å². The van der Waals surface area contributed by atoms with Crippen molar-refractivity contribution >= 4 is 17.9 Å². The molecule has 0 N–H and O–H groups in total. The van der Waals surface area contributed by atoms with E-state index in [-0.39, 0.29) is 31.1 Å². The molecule has 342 valence electrons. The van der Waals surface area contributed by atoms with Gasteiger partial charge in [-0.25, -0.2) is 0 Å². The zero-order valence-corrected chi connectivity index (χ0v) is 39.1. The van der Waals surface area contributed by atoms with Crippen LogP contribution in [0.1, 0.15) is 284 Å². The fraction of sp³-hybridized carbons (Fsp3) is 0.904. The Hall–Kier alpha value is -1.85. The zero-order valence-electron chi connectivity index (χ0n) is 39.1. The lowest BCUT2D eigenvalue weighted by Crippen LogP contribution is -2.30. The molecule has 0 aliphatic heterocycles. The van der Waals surface area contributed by atoms with Gasteiger partial charge in [-0.15, -0.1) is 0 Å². The number of ether oxygens (including phenoxy) is 3. The Balaban J connectivity index is 4.27. The molecule has 0 bridgehead atoms. The monoisotopic (exact) mass is 819 g/mol. The van der Waals surface area contributed by atoms with Crippen LogP contribution in [0.3, 0.4) is 0 Å². The Morgan fingerprint density at radius 3 is 0.862 bits per heavy atom. The molecule has 0 spiro atoms. The van der Waals surface area contributed by atoms with E-state index in [0.29, 0.717) is 19.3 Å². The third-order valence-electron chi connectivity index (χ3n) is 11.5. The number of hydrogen-bond donors (Lipinski definition) is 0. The van der Waals surface area contributed by atoms with Crippen LogP contribution in [0, 0.1) is 0 Å². The first-order valence-electron chi connectivity index (χ1n) is 25.7. The second-order valence-electron chi connectivity index (χ2n) is 17.4. The molecule has 1 atom stereocenters. The molecule has 0 aromatic carbocycles. The van der Waals surface area contributed by atoms with Crippen molar-refractivity contribution < 1.29 is 28.6 Å². The minimum absolute atomic E-state index is 0.0663. The highest BCUT2D eigenvalue weighted by atomic mass is 16.6. The Bertz CT molecular complexity index is 900. The normalized spacial score (nSPS) is 12.0. The van der Waals surface area contributed by atoms with E-state index in [9.17, 15) is 14.4 Å². The smallest absolute Gasteiger partial charge is 0.306 e. The molecule has 0 aromatic heterocycles. The van der Waals surface area contributed by atoms with Crippen LogP contribution in [-0.4, -0.2) is 37.2 Å². The van der Waals surface area contributed by atoms with Crippen molar-refractivity contribution in [3.63, 3.8) is 0 Å². The predicted molar refractivity (Wildman–Crippen MR) is 247 cm³/mol. The summed E-state index contributed by atoms with van der Waals surface area (Å²) in [6.07, 6.45) is 51.9. The van der Waals surface area contributed by atoms with Crippen LogP contribution in [0.15, 0.2) is 12.2 Å². The van der Waals surface area contributed by atoms with Crippen molar-refractivity contribution in [2.45, 2.75) is 290 Å². The van der Waals surface area contributed by atoms with Gasteiger partial charge in [0.2, 0.25) is 0 Å². The van der Waals surface area contributed by atoms with Crippen LogP contribution in [0.4, 0.5) is 0 Å². The average Bonchev–Trinajstić information content (AvgIpc) is 3.22. The van der Waals surface area contributed by atoms with Gasteiger partial charge < -0.3 is 14.2 Å². The Morgan fingerprint density at radius 2 is 0.569 bits per heavy atom. The number of carbonyl (C=O) groups excluding carboxylic acids is 3. The van der Waals surface area contributed by atoms with Crippen molar-refractivity contribution in [2.24, 2.45) is 0 Å². The largest absolute Gasteiger partial charge is 0.462 e. The molecule has 0 heterocycles. The van der Waals surface area contributed by atoms with Crippen molar-refractivity contribution in [2.75, 3.05) is 13.2 Å². The highest BCUT2D eigenvalue weighted by Crippen LogP contribution is 2.16. The molecule has 0 radical (unpaired) electrons. The predicted octanol–water partition coefficient (Wildman–Crippen LogP) is 16.6. The summed E-state index contributed by atoms with van der Waals surface area (Å²) in [5, 5.41) is 0. The summed E-state index contributed by atoms with van der Waals surface area (Å²) in [7, 11) is 0. The summed E-state index contributed by atoms with van der Waals surface area (Å²) >= 11 is 0. The van der Waals surface area contributed by atoms with E-state index in [4.69, 9.17) is 14.2 Å². The minimum atomic E-state index is -0.763. The summed E-state index contributed by atoms with van der Waals surface area (Å²) in [5.41, 5.74) is 0. The van der Waals surface area contributed by atoms with E-state index in [1.165, 1.54) is 186 Å². The molecule has 6 heteroatoms. The standard InChI is InChI=1S/C52H98O6/c1-4-7-10-13-16-19-22-23-24-25-26-27-28-31-33-36-39-42-45-51(54)57-48-49(58-52(55)46-43-40-37-34-30-21-18-15-12-9-6-3)47-56-50(53)44-41-38-35-32-29-20-17-14-11-8-5-2/h24-25,49H,4-23,26-48H2,1-3H3/b25-24-. The summed E-state index contributed by atoms with van der Waals surface area (Å²) in [6, 6.07) is 0. The minimum Gasteiger partial charge on any atom is -0.462 e. The maximum absolute atomic E-state index is 12.7. The van der Waals surface area contributed by atoms with Crippen molar-refractivity contribution in [3.05, 3.63) is 12.2 Å². The number of carbonyl (C=O) groups is 3. The molecule has 1 unspecified atom stereocenters. The topological polar surface area (TPSA) is 78.9 Å². The first-order chi connectivity index (χ1) is 28.5. The highest BCUT2D eigenvalue weighted by Gasteiger charge is 2.19. The number of unbranched alkanes of at least 4 members (excludes halogenated alkanes) is 34. The van der Waals surface area contributed by atoms with E-state index in [2.05, 4.69) is 32.9 Å². The third-order valence-corrected chi connectivity index (χ3v) is 11.5. The van der Waals surface area contributed by atoms with Crippen molar-refractivity contribution in [1.29, 1.82) is 0 Å². The van der Waals surface area contributed by atoms with Gasteiger partial charge in [-0.2, -0.15) is 0 Å². The third kappa shape index (κ3) is 45.2. The molecule has 0 aromatic rings. The van der Waals surface area contributed by atoms with Gasteiger partial charge in [-0.05, 0) is 44.9 Å². The molecular weight excluding hydrogens is 721 g/mol. The summed E-state index contributed by atoms with van der Waals surface area (Å²) < 4.78 is 16.8. The van der Waals surface area contributed by atoms with Gasteiger partial charge in [0, 0.05) is 19.3 Å². The first-order valence-corrected chi connectivity index (χ1v) is 25.7. The lowest BCUT2D eigenvalue weighted by Gasteiger charge is -2.18. The molecule has 0 aliphatic carbocycles. The van der Waals surface area contributed by atoms with Crippen LogP contribution in [-0.2, 0) is 28.6 Å². The van der Waals surface area contributed by atoms with Crippen LogP contribution < -0.4 is 0 Å². The Morgan fingerprint density at radius 1 is 0.328 bits per heavy atom. The summed E-state index contributed by atoms with van der Waals surface area (Å²) in [6.45, 7) is 6.65. The van der Waals surface area contributed by atoms with Crippen LogP contribution >= 0.6 is 0 Å². The molecule has 0 fully saturated rings. The quantitative estimate of drug-likeness (QED) is 0.0263. The Labute approximate surface area is 360 Å². The van der Waals surface area contributed by atoms with E-state index in [0.717, 1.165) is 57.8 Å². The molecule has 0 rings (SSSR count). The maximum Gasteiger partial charge on any atom is 0.306 e. The van der Waals surface area contributed by atoms with Gasteiger partial charge in [-0.1, -0.05) is 232 Å². The Kier molecular flexibility index (Phi) is 46.3. The number of hydrogen-bond acceptors (Lipinski definition) is 6. The number of rotatable bonds is 47. The first kappa shape index (κ1) is 56.1. The van der Waals surface area contributed by atoms with Gasteiger partial charge in [-0.3, -0.25) is 14.4 Å². The second-order valence-corrected chi connectivity index (χ2v) is 17.4. The van der Waals surface area contributed by atoms with Crippen molar-refractivity contribution in [1.82, 2.24) is 0 Å². The van der Waals surface area contributed by atoms with E-state index < -0.39 is 6.10 Å². The number of allylic oxidation sites excluding steroid dienone is 2. The van der Waals surface area contributed by atoms with Gasteiger partial charge in [0.25, 0.3) is 0 Å². The fourth-order valence-electron chi connectivity index (χ4n) is 7.61. The average molecular weight is 819 g/mol. The lowest BCUT2D eigenvalue weighted by molar-refractivity contribution is -0.167.